The predicted molar refractivity (Wildman–Crippen MR) is 103 cm³/mol. The molecule has 138 valence electrons. The molecule has 2 N–H and O–H groups in total. The maximum absolute atomic E-state index is 12.0. The number of nitrogens with one attached hydrogen (secondary N) is 2. The fraction of sp³-hybridized carbons (Fsp3) is 0.150. The summed E-state index contributed by atoms with van der Waals surface area (Å²) in [7, 11) is 0. The van der Waals surface area contributed by atoms with Crippen molar-refractivity contribution >= 4 is 23.2 Å². The SMILES string of the molecule is Cc1cccc(NC(=O)COc2ccc(NC(=O)Cn3cccn3)cc2)c1. The van der Waals surface area contributed by atoms with Crippen molar-refractivity contribution in [2.45, 2.75) is 13.5 Å². The molecular weight excluding hydrogens is 344 g/mol. The van der Waals surface area contributed by atoms with Gasteiger partial charge < -0.3 is 15.4 Å². The minimum Gasteiger partial charge on any atom is -0.484 e. The van der Waals surface area contributed by atoms with Crippen LogP contribution < -0.4 is 15.4 Å². The summed E-state index contributed by atoms with van der Waals surface area (Å²) in [5.41, 5.74) is 2.45. The Hall–Kier alpha value is -3.61. The molecule has 0 atom stereocenters. The lowest BCUT2D eigenvalue weighted by atomic mass is 10.2. The van der Waals surface area contributed by atoms with Gasteiger partial charge in [0.15, 0.2) is 6.61 Å². The molecule has 0 saturated carbocycles. The van der Waals surface area contributed by atoms with Gasteiger partial charge in [-0.05, 0) is 55.0 Å². The number of hydrogen-bond donors (Lipinski definition) is 2. The highest BCUT2D eigenvalue weighted by Crippen LogP contribution is 2.16. The maximum atomic E-state index is 12.0. The zero-order valence-corrected chi connectivity index (χ0v) is 14.9. The van der Waals surface area contributed by atoms with Gasteiger partial charge in [-0.1, -0.05) is 12.1 Å². The molecule has 3 rings (SSSR count). The van der Waals surface area contributed by atoms with Crippen LogP contribution >= 0.6 is 0 Å². The van der Waals surface area contributed by atoms with Crippen LogP contribution in [0.5, 0.6) is 5.75 Å². The van der Waals surface area contributed by atoms with Crippen molar-refractivity contribution in [2.24, 2.45) is 0 Å². The van der Waals surface area contributed by atoms with E-state index >= 15 is 0 Å². The smallest absolute Gasteiger partial charge is 0.262 e. The van der Waals surface area contributed by atoms with E-state index in [1.54, 1.807) is 47.4 Å². The molecule has 0 spiro atoms. The highest BCUT2D eigenvalue weighted by Gasteiger charge is 2.06. The first-order chi connectivity index (χ1) is 13.1. The molecule has 1 aromatic heterocycles. The Morgan fingerprint density at radius 1 is 1.00 bits per heavy atom. The van der Waals surface area contributed by atoms with Gasteiger partial charge in [-0.3, -0.25) is 14.3 Å². The molecule has 0 radical (unpaired) electrons. The molecule has 0 saturated heterocycles. The molecule has 7 nitrogen and oxygen atoms in total. The minimum absolute atomic E-state index is 0.0983. The van der Waals surface area contributed by atoms with Gasteiger partial charge in [0, 0.05) is 23.8 Å². The second kappa shape index (κ2) is 8.66. The lowest BCUT2D eigenvalue weighted by molar-refractivity contribution is -0.118. The van der Waals surface area contributed by atoms with Crippen LogP contribution in [0.4, 0.5) is 11.4 Å². The number of anilines is 2. The van der Waals surface area contributed by atoms with Crippen LogP contribution in [-0.4, -0.2) is 28.2 Å². The Bertz CT molecular complexity index is 905. The molecule has 0 bridgehead atoms. The quantitative estimate of drug-likeness (QED) is 0.675. The highest BCUT2D eigenvalue weighted by molar-refractivity contribution is 5.92. The number of rotatable bonds is 7. The van der Waals surface area contributed by atoms with Gasteiger partial charge in [0.05, 0.1) is 0 Å². The largest absolute Gasteiger partial charge is 0.484 e. The number of hydrogen-bond acceptors (Lipinski definition) is 4. The third-order valence-electron chi connectivity index (χ3n) is 3.67. The summed E-state index contributed by atoms with van der Waals surface area (Å²) in [6.45, 7) is 2.00. The van der Waals surface area contributed by atoms with Crippen molar-refractivity contribution in [1.29, 1.82) is 0 Å². The summed E-state index contributed by atoms with van der Waals surface area (Å²) in [6.07, 6.45) is 3.34. The van der Waals surface area contributed by atoms with E-state index in [0.717, 1.165) is 11.3 Å². The predicted octanol–water partition coefficient (Wildman–Crippen LogP) is 2.85. The summed E-state index contributed by atoms with van der Waals surface area (Å²) in [5.74, 6) is 0.126. The highest BCUT2D eigenvalue weighted by atomic mass is 16.5. The van der Waals surface area contributed by atoms with Crippen molar-refractivity contribution in [3.05, 3.63) is 72.6 Å². The molecule has 2 aromatic carbocycles. The number of carbonyl (C=O) groups excluding carboxylic acids is 2. The molecule has 0 aliphatic rings. The molecule has 3 aromatic rings. The minimum atomic E-state index is -0.239. The summed E-state index contributed by atoms with van der Waals surface area (Å²) >= 11 is 0. The van der Waals surface area contributed by atoms with Crippen molar-refractivity contribution in [1.82, 2.24) is 9.78 Å². The van der Waals surface area contributed by atoms with Gasteiger partial charge >= 0.3 is 0 Å². The first kappa shape index (κ1) is 18.2. The number of ether oxygens (including phenoxy) is 1. The van der Waals surface area contributed by atoms with E-state index in [1.807, 2.05) is 31.2 Å². The Balaban J connectivity index is 1.46. The Kier molecular flexibility index (Phi) is 5.84. The van der Waals surface area contributed by atoms with Crippen LogP contribution in [0.2, 0.25) is 0 Å². The third kappa shape index (κ3) is 5.71. The lowest BCUT2D eigenvalue weighted by Crippen LogP contribution is -2.20. The van der Waals surface area contributed by atoms with Crippen LogP contribution in [-0.2, 0) is 16.1 Å². The van der Waals surface area contributed by atoms with Crippen LogP contribution in [0, 0.1) is 6.92 Å². The Morgan fingerprint density at radius 3 is 2.48 bits per heavy atom. The molecule has 0 aliphatic carbocycles. The third-order valence-corrected chi connectivity index (χ3v) is 3.67. The summed E-state index contributed by atoms with van der Waals surface area (Å²) < 4.78 is 7.02. The lowest BCUT2D eigenvalue weighted by Gasteiger charge is -2.09. The molecule has 2 amide bonds. The Labute approximate surface area is 157 Å². The van der Waals surface area contributed by atoms with E-state index in [9.17, 15) is 9.59 Å². The fourth-order valence-corrected chi connectivity index (χ4v) is 2.44. The summed E-state index contributed by atoms with van der Waals surface area (Å²) in [4.78, 5) is 23.9. The van der Waals surface area contributed by atoms with E-state index in [4.69, 9.17) is 4.74 Å². The van der Waals surface area contributed by atoms with Gasteiger partial charge in [-0.2, -0.15) is 5.10 Å². The maximum Gasteiger partial charge on any atom is 0.262 e. The van der Waals surface area contributed by atoms with Gasteiger partial charge in [-0.25, -0.2) is 0 Å². The fourth-order valence-electron chi connectivity index (χ4n) is 2.44. The van der Waals surface area contributed by atoms with Crippen LogP contribution in [0.1, 0.15) is 5.56 Å². The van der Waals surface area contributed by atoms with E-state index in [0.29, 0.717) is 11.4 Å². The summed E-state index contributed by atoms with van der Waals surface area (Å²) in [5, 5.41) is 9.54. The van der Waals surface area contributed by atoms with Gasteiger partial charge in [0.1, 0.15) is 12.3 Å². The monoisotopic (exact) mass is 364 g/mol. The first-order valence-corrected chi connectivity index (χ1v) is 8.45. The number of benzene rings is 2. The number of nitrogens with zero attached hydrogens (tertiary/aromatic N) is 2. The zero-order chi connectivity index (χ0) is 19.1. The van der Waals surface area contributed by atoms with Gasteiger partial charge in [0.25, 0.3) is 5.91 Å². The van der Waals surface area contributed by atoms with Crippen molar-refractivity contribution in [3.63, 3.8) is 0 Å². The van der Waals surface area contributed by atoms with Gasteiger partial charge in [-0.15, -0.1) is 0 Å². The summed E-state index contributed by atoms with van der Waals surface area (Å²) in [6, 6.07) is 16.1. The number of carbonyl (C=O) groups is 2. The number of amides is 2. The Morgan fingerprint density at radius 2 is 1.78 bits per heavy atom. The standard InChI is InChI=1S/C20H20N4O3/c1-15-4-2-5-17(12-15)23-20(26)14-27-18-8-6-16(7-9-18)22-19(25)13-24-11-3-10-21-24/h2-12H,13-14H2,1H3,(H,22,25)(H,23,26). The molecule has 0 aliphatic heterocycles. The molecule has 1 heterocycles. The van der Waals surface area contributed by atoms with Crippen molar-refractivity contribution < 1.29 is 14.3 Å². The average Bonchev–Trinajstić information content (AvgIpc) is 3.14. The topological polar surface area (TPSA) is 85.3 Å². The second-order valence-corrected chi connectivity index (χ2v) is 5.98. The normalized spacial score (nSPS) is 10.3. The zero-order valence-electron chi connectivity index (χ0n) is 14.9. The molecular formula is C20H20N4O3. The van der Waals surface area contributed by atoms with Gasteiger partial charge in [0.2, 0.25) is 5.91 Å². The van der Waals surface area contributed by atoms with Crippen molar-refractivity contribution in [2.75, 3.05) is 17.2 Å². The first-order valence-electron chi connectivity index (χ1n) is 8.45. The molecule has 27 heavy (non-hydrogen) atoms. The average molecular weight is 364 g/mol. The van der Waals surface area contributed by atoms with E-state index in [-0.39, 0.29) is 25.0 Å². The van der Waals surface area contributed by atoms with E-state index in [2.05, 4.69) is 15.7 Å². The van der Waals surface area contributed by atoms with Crippen LogP contribution in [0.25, 0.3) is 0 Å². The van der Waals surface area contributed by atoms with Crippen LogP contribution in [0.15, 0.2) is 67.0 Å². The second-order valence-electron chi connectivity index (χ2n) is 5.98. The number of aryl methyl sites for hydroxylation is 1. The van der Waals surface area contributed by atoms with Crippen LogP contribution in [0.3, 0.4) is 0 Å². The molecule has 0 unspecified atom stereocenters. The van der Waals surface area contributed by atoms with Crippen molar-refractivity contribution in [3.8, 4) is 5.75 Å². The number of aromatic nitrogens is 2. The molecule has 0 fully saturated rings. The molecule has 7 heteroatoms. The van der Waals surface area contributed by atoms with E-state index in [1.165, 1.54) is 0 Å². The van der Waals surface area contributed by atoms with E-state index < -0.39 is 0 Å².